The van der Waals surface area contributed by atoms with Crippen LogP contribution in [-0.4, -0.2) is 18.6 Å². The van der Waals surface area contributed by atoms with E-state index in [1.165, 1.54) is 0 Å². The number of rotatable bonds is 7. The van der Waals surface area contributed by atoms with E-state index in [-0.39, 0.29) is 12.0 Å². The molecule has 0 heterocycles. The first-order valence-electron chi connectivity index (χ1n) is 7.84. The summed E-state index contributed by atoms with van der Waals surface area (Å²) in [5, 5.41) is 3.70. The third-order valence-electron chi connectivity index (χ3n) is 3.35. The molecule has 0 aliphatic rings. The second kappa shape index (κ2) is 8.59. The van der Waals surface area contributed by atoms with Crippen LogP contribution in [0.2, 0.25) is 5.02 Å². The molecule has 0 bridgehead atoms. The van der Waals surface area contributed by atoms with E-state index in [4.69, 9.17) is 16.3 Å². The molecule has 0 radical (unpaired) electrons. The van der Waals surface area contributed by atoms with Crippen molar-refractivity contribution in [1.82, 2.24) is 5.32 Å². The second-order valence-electron chi connectivity index (χ2n) is 5.64. The summed E-state index contributed by atoms with van der Waals surface area (Å²) < 4.78 is 5.56. The maximum atomic E-state index is 12.1. The molecule has 0 aliphatic carbocycles. The zero-order valence-corrected chi connectivity index (χ0v) is 14.3. The standard InChI is InChI=1S/C19H22ClNO2/c1-14(2)23-17-11-9-16(10-12-17)19(22)21-13-5-7-15-6-3-4-8-18(15)20/h3-4,6,8-12,14H,5,7,13H2,1-2H3,(H,21,22). The topological polar surface area (TPSA) is 38.3 Å². The Labute approximate surface area is 142 Å². The van der Waals surface area contributed by atoms with E-state index in [1.807, 2.05) is 50.2 Å². The largest absolute Gasteiger partial charge is 0.491 e. The predicted molar refractivity (Wildman–Crippen MR) is 94.3 cm³/mol. The Morgan fingerprint density at radius 3 is 2.48 bits per heavy atom. The van der Waals surface area contributed by atoms with Crippen LogP contribution in [0.25, 0.3) is 0 Å². The van der Waals surface area contributed by atoms with E-state index in [9.17, 15) is 4.79 Å². The summed E-state index contributed by atoms with van der Waals surface area (Å²) in [7, 11) is 0. The molecule has 1 N–H and O–H groups in total. The maximum Gasteiger partial charge on any atom is 0.251 e. The van der Waals surface area contributed by atoms with Crippen LogP contribution in [0.3, 0.4) is 0 Å². The monoisotopic (exact) mass is 331 g/mol. The van der Waals surface area contributed by atoms with Gasteiger partial charge in [0.2, 0.25) is 0 Å². The fourth-order valence-electron chi connectivity index (χ4n) is 2.24. The van der Waals surface area contributed by atoms with E-state index in [0.717, 1.165) is 29.2 Å². The zero-order valence-electron chi connectivity index (χ0n) is 13.5. The number of hydrogen-bond donors (Lipinski definition) is 1. The van der Waals surface area contributed by atoms with E-state index in [2.05, 4.69) is 5.32 Å². The molecule has 0 unspecified atom stereocenters. The number of amides is 1. The molecular weight excluding hydrogens is 310 g/mol. The number of halogens is 1. The first kappa shape index (κ1) is 17.4. The summed E-state index contributed by atoms with van der Waals surface area (Å²) in [6.07, 6.45) is 1.82. The summed E-state index contributed by atoms with van der Waals surface area (Å²) in [4.78, 5) is 12.1. The number of carbonyl (C=O) groups excluding carboxylic acids is 1. The third kappa shape index (κ3) is 5.61. The van der Waals surface area contributed by atoms with Crippen molar-refractivity contribution in [2.45, 2.75) is 32.8 Å². The van der Waals surface area contributed by atoms with Gasteiger partial charge >= 0.3 is 0 Å². The molecule has 0 saturated carbocycles. The van der Waals surface area contributed by atoms with E-state index in [1.54, 1.807) is 12.1 Å². The Hall–Kier alpha value is -2.00. The lowest BCUT2D eigenvalue weighted by atomic mass is 10.1. The van der Waals surface area contributed by atoms with Crippen molar-refractivity contribution < 1.29 is 9.53 Å². The van der Waals surface area contributed by atoms with Gasteiger partial charge in [0.15, 0.2) is 0 Å². The molecule has 23 heavy (non-hydrogen) atoms. The van der Waals surface area contributed by atoms with Gasteiger partial charge in [0, 0.05) is 17.1 Å². The Bertz CT molecular complexity index is 638. The molecule has 0 spiro atoms. The summed E-state index contributed by atoms with van der Waals surface area (Å²) in [5.74, 6) is 0.704. The van der Waals surface area contributed by atoms with Gasteiger partial charge in [-0.3, -0.25) is 4.79 Å². The molecule has 2 aromatic rings. The first-order chi connectivity index (χ1) is 11.1. The Kier molecular flexibility index (Phi) is 6.48. The van der Waals surface area contributed by atoms with Crippen molar-refractivity contribution in [3.8, 4) is 5.75 Å². The van der Waals surface area contributed by atoms with Crippen molar-refractivity contribution in [3.63, 3.8) is 0 Å². The molecule has 2 rings (SSSR count). The number of ether oxygens (including phenoxy) is 1. The highest BCUT2D eigenvalue weighted by Gasteiger charge is 2.06. The van der Waals surface area contributed by atoms with Gasteiger partial charge in [0.1, 0.15) is 5.75 Å². The number of hydrogen-bond acceptors (Lipinski definition) is 2. The number of carbonyl (C=O) groups is 1. The molecule has 3 nitrogen and oxygen atoms in total. The average molecular weight is 332 g/mol. The number of aryl methyl sites for hydroxylation is 1. The molecule has 4 heteroatoms. The minimum atomic E-state index is -0.0692. The van der Waals surface area contributed by atoms with Gasteiger partial charge in [0.05, 0.1) is 6.10 Å². The SMILES string of the molecule is CC(C)Oc1ccc(C(=O)NCCCc2ccccc2Cl)cc1. The Morgan fingerprint density at radius 2 is 1.83 bits per heavy atom. The van der Waals surface area contributed by atoms with Crippen LogP contribution in [-0.2, 0) is 6.42 Å². The van der Waals surface area contributed by atoms with Gasteiger partial charge in [-0.25, -0.2) is 0 Å². The van der Waals surface area contributed by atoms with Gasteiger partial charge in [-0.05, 0) is 62.6 Å². The number of benzene rings is 2. The van der Waals surface area contributed by atoms with Gasteiger partial charge in [-0.15, -0.1) is 0 Å². The predicted octanol–water partition coefficient (Wildman–Crippen LogP) is 4.49. The highest BCUT2D eigenvalue weighted by Crippen LogP contribution is 2.16. The van der Waals surface area contributed by atoms with Crippen LogP contribution in [0.1, 0.15) is 36.2 Å². The van der Waals surface area contributed by atoms with Crippen molar-refractivity contribution in [2.24, 2.45) is 0 Å². The fourth-order valence-corrected chi connectivity index (χ4v) is 2.47. The molecule has 0 aromatic heterocycles. The summed E-state index contributed by atoms with van der Waals surface area (Å²) in [6.45, 7) is 4.56. The van der Waals surface area contributed by atoms with Crippen LogP contribution in [0.5, 0.6) is 5.75 Å². The highest BCUT2D eigenvalue weighted by atomic mass is 35.5. The first-order valence-corrected chi connectivity index (χ1v) is 8.22. The minimum Gasteiger partial charge on any atom is -0.491 e. The van der Waals surface area contributed by atoms with Crippen LogP contribution in [0.15, 0.2) is 48.5 Å². The minimum absolute atomic E-state index is 0.0692. The lowest BCUT2D eigenvalue weighted by Gasteiger charge is -2.10. The lowest BCUT2D eigenvalue weighted by Crippen LogP contribution is -2.24. The number of nitrogens with one attached hydrogen (secondary N) is 1. The molecule has 0 fully saturated rings. The molecule has 0 saturated heterocycles. The summed E-state index contributed by atoms with van der Waals surface area (Å²) in [6, 6.07) is 15.0. The van der Waals surface area contributed by atoms with Crippen LogP contribution in [0.4, 0.5) is 0 Å². The highest BCUT2D eigenvalue weighted by molar-refractivity contribution is 6.31. The van der Waals surface area contributed by atoms with Crippen molar-refractivity contribution in [1.29, 1.82) is 0 Å². The Morgan fingerprint density at radius 1 is 1.13 bits per heavy atom. The molecule has 2 aromatic carbocycles. The molecule has 122 valence electrons. The van der Waals surface area contributed by atoms with Crippen LogP contribution >= 0.6 is 11.6 Å². The average Bonchev–Trinajstić information content (AvgIpc) is 2.53. The van der Waals surface area contributed by atoms with Crippen LogP contribution < -0.4 is 10.1 Å². The van der Waals surface area contributed by atoms with Gasteiger partial charge in [-0.1, -0.05) is 29.8 Å². The fraction of sp³-hybridized carbons (Fsp3) is 0.316. The normalized spacial score (nSPS) is 10.6. The second-order valence-corrected chi connectivity index (χ2v) is 6.05. The lowest BCUT2D eigenvalue weighted by molar-refractivity contribution is 0.0953. The van der Waals surface area contributed by atoms with Crippen LogP contribution in [0, 0.1) is 0 Å². The maximum absolute atomic E-state index is 12.1. The van der Waals surface area contributed by atoms with E-state index < -0.39 is 0 Å². The molecule has 0 atom stereocenters. The van der Waals surface area contributed by atoms with Gasteiger partial charge < -0.3 is 10.1 Å². The molecule has 1 amide bonds. The van der Waals surface area contributed by atoms with E-state index >= 15 is 0 Å². The molecule has 0 aliphatic heterocycles. The van der Waals surface area contributed by atoms with Crippen molar-refractivity contribution >= 4 is 17.5 Å². The summed E-state index contributed by atoms with van der Waals surface area (Å²) in [5.41, 5.74) is 1.75. The quantitative estimate of drug-likeness (QED) is 0.759. The van der Waals surface area contributed by atoms with Gasteiger partial charge in [0.25, 0.3) is 5.91 Å². The van der Waals surface area contributed by atoms with Gasteiger partial charge in [-0.2, -0.15) is 0 Å². The Balaban J connectivity index is 1.77. The smallest absolute Gasteiger partial charge is 0.251 e. The van der Waals surface area contributed by atoms with Crippen molar-refractivity contribution in [3.05, 3.63) is 64.7 Å². The third-order valence-corrected chi connectivity index (χ3v) is 3.72. The zero-order chi connectivity index (χ0) is 16.7. The van der Waals surface area contributed by atoms with Crippen molar-refractivity contribution in [2.75, 3.05) is 6.54 Å². The summed E-state index contributed by atoms with van der Waals surface area (Å²) >= 11 is 6.11. The molecular formula is C19H22ClNO2. The van der Waals surface area contributed by atoms with E-state index in [0.29, 0.717) is 12.1 Å².